The van der Waals surface area contributed by atoms with Crippen LogP contribution >= 0.6 is 0 Å². The third-order valence-corrected chi connectivity index (χ3v) is 3.46. The highest BCUT2D eigenvalue weighted by atomic mass is 19.4. The molecule has 2 aromatic rings. The van der Waals surface area contributed by atoms with Crippen LogP contribution in [0.2, 0.25) is 0 Å². The number of carbonyl (C=O) groups is 1. The van der Waals surface area contributed by atoms with Gasteiger partial charge in [-0.1, -0.05) is 12.1 Å². The summed E-state index contributed by atoms with van der Waals surface area (Å²) >= 11 is 0. The number of ether oxygens (including phenoxy) is 1. The fourth-order valence-corrected chi connectivity index (χ4v) is 2.22. The molecule has 0 spiro atoms. The molecule has 0 aromatic heterocycles. The molecular weight excluding hydrogens is 353 g/mol. The molecule has 26 heavy (non-hydrogen) atoms. The van der Waals surface area contributed by atoms with Crippen molar-refractivity contribution < 1.29 is 27.6 Å². The Bertz CT molecular complexity index is 947. The lowest BCUT2D eigenvalue weighted by Crippen LogP contribution is -2.05. The minimum atomic E-state index is -4.50. The van der Waals surface area contributed by atoms with Crippen LogP contribution in [0.5, 0.6) is 0 Å². The third-order valence-electron chi connectivity index (χ3n) is 3.46. The molecule has 0 N–H and O–H groups in total. The van der Waals surface area contributed by atoms with E-state index < -0.39 is 22.6 Å². The molecule has 132 valence electrons. The van der Waals surface area contributed by atoms with E-state index in [-0.39, 0.29) is 22.8 Å². The molecule has 0 fully saturated rings. The van der Waals surface area contributed by atoms with E-state index in [1.807, 2.05) is 0 Å². The van der Waals surface area contributed by atoms with Gasteiger partial charge in [-0.2, -0.15) is 13.2 Å². The first-order valence-corrected chi connectivity index (χ1v) is 7.19. The van der Waals surface area contributed by atoms with E-state index in [4.69, 9.17) is 4.74 Å². The Morgan fingerprint density at radius 2 is 1.81 bits per heavy atom. The summed E-state index contributed by atoms with van der Waals surface area (Å²) in [4.78, 5) is 25.9. The van der Waals surface area contributed by atoms with Gasteiger partial charge in [0.1, 0.15) is 0 Å². The number of esters is 1. The molecule has 2 aromatic carbocycles. The number of hydrogen-bond donors (Lipinski definition) is 0. The van der Waals surface area contributed by atoms with Crippen molar-refractivity contribution in [2.75, 3.05) is 0 Å². The van der Waals surface area contributed by atoms with Crippen LogP contribution in [0, 0.1) is 10.1 Å². The van der Waals surface area contributed by atoms with Gasteiger partial charge in [0.25, 0.3) is 5.69 Å². The first-order valence-electron chi connectivity index (χ1n) is 7.19. The molecule has 9 heteroatoms. The number of carbonyl (C=O) groups excluding carboxylic acids is 1. The van der Waals surface area contributed by atoms with E-state index in [1.165, 1.54) is 42.5 Å². The van der Waals surface area contributed by atoms with Gasteiger partial charge in [-0.05, 0) is 35.9 Å². The lowest BCUT2D eigenvalue weighted by atomic mass is 10.1. The molecule has 1 aliphatic heterocycles. The van der Waals surface area contributed by atoms with E-state index in [2.05, 4.69) is 4.99 Å². The Kier molecular flexibility index (Phi) is 4.29. The number of cyclic esters (lactones) is 1. The zero-order chi connectivity index (χ0) is 18.9. The zero-order valence-corrected chi connectivity index (χ0v) is 12.9. The minimum absolute atomic E-state index is 0.0804. The summed E-state index contributed by atoms with van der Waals surface area (Å²) in [6.45, 7) is 0. The lowest BCUT2D eigenvalue weighted by molar-refractivity contribution is -0.384. The summed E-state index contributed by atoms with van der Waals surface area (Å²) in [6, 6.07) is 9.58. The van der Waals surface area contributed by atoms with Gasteiger partial charge in [-0.25, -0.2) is 9.79 Å². The summed E-state index contributed by atoms with van der Waals surface area (Å²) in [6.07, 6.45) is -3.33. The summed E-state index contributed by atoms with van der Waals surface area (Å²) in [7, 11) is 0. The molecule has 1 heterocycles. The topological polar surface area (TPSA) is 81.8 Å². The van der Waals surface area contributed by atoms with Crippen molar-refractivity contribution in [3.8, 4) is 0 Å². The average Bonchev–Trinajstić information content (AvgIpc) is 2.95. The molecule has 0 atom stereocenters. The first kappa shape index (κ1) is 17.3. The highest BCUT2D eigenvalue weighted by Crippen LogP contribution is 2.30. The number of halogens is 3. The zero-order valence-electron chi connectivity index (χ0n) is 12.9. The van der Waals surface area contributed by atoms with Crippen LogP contribution in [0.4, 0.5) is 18.9 Å². The van der Waals surface area contributed by atoms with Gasteiger partial charge in [-0.15, -0.1) is 0 Å². The van der Waals surface area contributed by atoms with Crippen molar-refractivity contribution >= 4 is 23.6 Å². The molecular formula is C17H9F3N2O4. The monoisotopic (exact) mass is 362 g/mol. The Hall–Kier alpha value is -3.49. The van der Waals surface area contributed by atoms with E-state index in [1.54, 1.807) is 0 Å². The Balaban J connectivity index is 1.90. The number of alkyl halides is 3. The van der Waals surface area contributed by atoms with Crippen LogP contribution in [-0.4, -0.2) is 16.8 Å². The van der Waals surface area contributed by atoms with Crippen molar-refractivity contribution in [2.45, 2.75) is 6.18 Å². The maximum Gasteiger partial charge on any atom is 0.416 e. The molecule has 0 unspecified atom stereocenters. The highest BCUT2D eigenvalue weighted by Gasteiger charge is 2.30. The minimum Gasteiger partial charge on any atom is -0.402 e. The SMILES string of the molecule is O=C1OC(c2ccc([N+](=O)[O-])cc2)=N/C1=C/c1cccc(C(F)(F)F)c1. The van der Waals surface area contributed by atoms with Gasteiger partial charge in [0.15, 0.2) is 5.70 Å². The predicted octanol–water partition coefficient (Wildman–Crippen LogP) is 3.96. The van der Waals surface area contributed by atoms with E-state index in [0.717, 1.165) is 12.1 Å². The van der Waals surface area contributed by atoms with E-state index in [9.17, 15) is 28.1 Å². The Morgan fingerprint density at radius 3 is 2.42 bits per heavy atom. The van der Waals surface area contributed by atoms with Gasteiger partial charge in [0.2, 0.25) is 5.90 Å². The number of nitro groups is 1. The van der Waals surface area contributed by atoms with Crippen molar-refractivity contribution in [1.82, 2.24) is 0 Å². The van der Waals surface area contributed by atoms with Crippen LogP contribution in [-0.2, 0) is 15.7 Å². The number of benzene rings is 2. The second-order valence-electron chi connectivity index (χ2n) is 5.26. The highest BCUT2D eigenvalue weighted by molar-refractivity contribution is 6.12. The van der Waals surface area contributed by atoms with Gasteiger partial charge >= 0.3 is 12.1 Å². The van der Waals surface area contributed by atoms with E-state index in [0.29, 0.717) is 5.56 Å². The van der Waals surface area contributed by atoms with Crippen LogP contribution in [0.3, 0.4) is 0 Å². The number of nitro benzene ring substituents is 1. The second-order valence-corrected chi connectivity index (χ2v) is 5.26. The molecule has 3 rings (SSSR count). The average molecular weight is 362 g/mol. The molecule has 0 radical (unpaired) electrons. The Morgan fingerprint density at radius 1 is 1.12 bits per heavy atom. The fourth-order valence-electron chi connectivity index (χ4n) is 2.22. The molecule has 0 bridgehead atoms. The smallest absolute Gasteiger partial charge is 0.402 e. The molecule has 0 saturated carbocycles. The third kappa shape index (κ3) is 3.61. The molecule has 6 nitrogen and oxygen atoms in total. The molecule has 0 amide bonds. The van der Waals surface area contributed by atoms with Gasteiger partial charge in [0, 0.05) is 17.7 Å². The van der Waals surface area contributed by atoms with Crippen molar-refractivity contribution in [3.05, 3.63) is 81.0 Å². The van der Waals surface area contributed by atoms with Gasteiger partial charge < -0.3 is 4.74 Å². The van der Waals surface area contributed by atoms with Gasteiger partial charge in [-0.3, -0.25) is 10.1 Å². The number of aliphatic imine (C=N–C) groups is 1. The van der Waals surface area contributed by atoms with Crippen molar-refractivity contribution in [2.24, 2.45) is 4.99 Å². The quantitative estimate of drug-likeness (QED) is 0.358. The van der Waals surface area contributed by atoms with Crippen molar-refractivity contribution in [1.29, 1.82) is 0 Å². The van der Waals surface area contributed by atoms with Crippen LogP contribution in [0.25, 0.3) is 6.08 Å². The first-order chi connectivity index (χ1) is 12.2. The predicted molar refractivity (Wildman–Crippen MR) is 85.1 cm³/mol. The summed E-state index contributed by atoms with van der Waals surface area (Å²) in [5, 5.41) is 10.6. The standard InChI is InChI=1S/C17H9F3N2O4/c18-17(19,20)12-3-1-2-10(8-12)9-14-16(23)26-15(21-14)11-4-6-13(7-5-11)22(24)25/h1-9H/b14-9+. The number of rotatable bonds is 3. The van der Waals surface area contributed by atoms with E-state index >= 15 is 0 Å². The van der Waals surface area contributed by atoms with Crippen molar-refractivity contribution in [3.63, 3.8) is 0 Å². The normalized spacial score (nSPS) is 15.7. The molecule has 0 aliphatic carbocycles. The number of non-ortho nitro benzene ring substituents is 1. The van der Waals surface area contributed by atoms with Crippen LogP contribution < -0.4 is 0 Å². The largest absolute Gasteiger partial charge is 0.416 e. The number of hydrogen-bond acceptors (Lipinski definition) is 5. The summed E-state index contributed by atoms with van der Waals surface area (Å²) < 4.78 is 43.2. The lowest BCUT2D eigenvalue weighted by Gasteiger charge is -2.06. The fraction of sp³-hybridized carbons (Fsp3) is 0.0588. The molecule has 1 aliphatic rings. The summed E-state index contributed by atoms with van der Waals surface area (Å²) in [5.74, 6) is -0.904. The van der Waals surface area contributed by atoms with Crippen LogP contribution in [0.15, 0.2) is 59.2 Å². The maximum atomic E-state index is 12.7. The molecule has 0 saturated heterocycles. The van der Waals surface area contributed by atoms with Gasteiger partial charge in [0.05, 0.1) is 10.5 Å². The van der Waals surface area contributed by atoms with Crippen LogP contribution in [0.1, 0.15) is 16.7 Å². The summed E-state index contributed by atoms with van der Waals surface area (Å²) in [5.41, 5.74) is -0.689. The maximum absolute atomic E-state index is 12.7. The Labute approximate surface area is 144 Å². The second kappa shape index (κ2) is 6.43. The number of nitrogens with zero attached hydrogens (tertiary/aromatic N) is 2.